The molecule has 1 aromatic carbocycles. The quantitative estimate of drug-likeness (QED) is 0.849. The lowest BCUT2D eigenvalue weighted by Crippen LogP contribution is -2.26. The van der Waals surface area contributed by atoms with Crippen molar-refractivity contribution in [3.63, 3.8) is 0 Å². The highest BCUT2D eigenvalue weighted by Gasteiger charge is 2.21. The maximum atomic E-state index is 6.32. The zero-order chi connectivity index (χ0) is 13.7. The van der Waals surface area contributed by atoms with E-state index in [0.29, 0.717) is 10.0 Å². The average molecular weight is 300 g/mol. The number of allylic oxidation sites excluding steroid dienone is 1. The molecule has 1 atom stereocenters. The van der Waals surface area contributed by atoms with E-state index >= 15 is 0 Å². The maximum Gasteiger partial charge on any atom is 0.113 e. The van der Waals surface area contributed by atoms with Crippen molar-refractivity contribution in [3.05, 3.63) is 45.6 Å². The number of halogens is 2. The number of nitrogens with one attached hydrogen (secondary N) is 1. The third-order valence-electron chi connectivity index (χ3n) is 3.12. The molecule has 1 heterocycles. The first-order valence-electron chi connectivity index (χ1n) is 6.73. The second-order valence-electron chi connectivity index (χ2n) is 4.65. The molecule has 0 spiro atoms. The number of rotatable bonds is 5. The molecule has 1 aromatic rings. The molecule has 19 heavy (non-hydrogen) atoms. The monoisotopic (exact) mass is 299 g/mol. The molecule has 1 aliphatic heterocycles. The highest BCUT2D eigenvalue weighted by molar-refractivity contribution is 6.35. The minimum Gasteiger partial charge on any atom is -0.496 e. The number of hydrogen-bond acceptors (Lipinski definition) is 2. The number of ether oxygens (including phenoxy) is 1. The molecule has 1 aliphatic rings. The van der Waals surface area contributed by atoms with Crippen molar-refractivity contribution >= 4 is 23.2 Å². The minimum absolute atomic E-state index is 0.0185. The predicted octanol–water partition coefficient (Wildman–Crippen LogP) is 4.73. The van der Waals surface area contributed by atoms with E-state index in [0.717, 1.165) is 43.7 Å². The Balaban J connectivity index is 2.27. The van der Waals surface area contributed by atoms with Crippen LogP contribution in [0.2, 0.25) is 10.0 Å². The molecule has 0 saturated heterocycles. The van der Waals surface area contributed by atoms with Crippen LogP contribution >= 0.6 is 23.2 Å². The summed E-state index contributed by atoms with van der Waals surface area (Å²) >= 11 is 12.3. The van der Waals surface area contributed by atoms with Gasteiger partial charge < -0.3 is 10.1 Å². The molecular weight excluding hydrogens is 281 g/mol. The van der Waals surface area contributed by atoms with Gasteiger partial charge in [-0.3, -0.25) is 0 Å². The van der Waals surface area contributed by atoms with E-state index in [4.69, 9.17) is 27.9 Å². The highest BCUT2D eigenvalue weighted by Crippen LogP contribution is 2.32. The molecule has 1 unspecified atom stereocenters. The molecule has 0 aliphatic carbocycles. The summed E-state index contributed by atoms with van der Waals surface area (Å²) in [4.78, 5) is 0. The Bertz CT molecular complexity index is 459. The third kappa shape index (κ3) is 3.88. The summed E-state index contributed by atoms with van der Waals surface area (Å²) in [5.41, 5.74) is 1.02. The standard InChI is InChI=1S/C15H19Cl2NO/c1-2-8-18-15(14-5-3-4-9-19-14)12-7-6-11(16)10-13(12)17/h5-7,10,15,18H,2-4,8-9H2,1H3. The van der Waals surface area contributed by atoms with E-state index in [1.807, 2.05) is 12.1 Å². The molecule has 0 bridgehead atoms. The van der Waals surface area contributed by atoms with E-state index in [9.17, 15) is 0 Å². The lowest BCUT2D eigenvalue weighted by Gasteiger charge is -2.26. The molecule has 104 valence electrons. The van der Waals surface area contributed by atoms with Gasteiger partial charge in [0.15, 0.2) is 0 Å². The zero-order valence-corrected chi connectivity index (χ0v) is 12.6. The van der Waals surface area contributed by atoms with Gasteiger partial charge in [-0.25, -0.2) is 0 Å². The predicted molar refractivity (Wildman–Crippen MR) is 80.8 cm³/mol. The molecule has 0 radical (unpaired) electrons. The Morgan fingerprint density at radius 2 is 2.21 bits per heavy atom. The summed E-state index contributed by atoms with van der Waals surface area (Å²) in [5, 5.41) is 4.83. The lowest BCUT2D eigenvalue weighted by atomic mass is 10.0. The minimum atomic E-state index is 0.0185. The second kappa shape index (κ2) is 7.18. The Hall–Kier alpha value is -0.700. The fourth-order valence-corrected chi connectivity index (χ4v) is 2.68. The van der Waals surface area contributed by atoms with Crippen LogP contribution < -0.4 is 5.32 Å². The van der Waals surface area contributed by atoms with Crippen LogP contribution in [-0.2, 0) is 4.74 Å². The topological polar surface area (TPSA) is 21.3 Å². The molecule has 0 aromatic heterocycles. The van der Waals surface area contributed by atoms with Crippen LogP contribution in [0.4, 0.5) is 0 Å². The van der Waals surface area contributed by atoms with Crippen LogP contribution in [0.1, 0.15) is 37.8 Å². The van der Waals surface area contributed by atoms with Gasteiger partial charge in [-0.2, -0.15) is 0 Å². The second-order valence-corrected chi connectivity index (χ2v) is 5.49. The Morgan fingerprint density at radius 1 is 1.37 bits per heavy atom. The van der Waals surface area contributed by atoms with Crippen molar-refractivity contribution in [2.45, 2.75) is 32.2 Å². The van der Waals surface area contributed by atoms with Crippen LogP contribution in [0.25, 0.3) is 0 Å². The average Bonchev–Trinajstić information content (AvgIpc) is 2.42. The van der Waals surface area contributed by atoms with Crippen LogP contribution in [-0.4, -0.2) is 13.2 Å². The van der Waals surface area contributed by atoms with E-state index in [-0.39, 0.29) is 6.04 Å². The van der Waals surface area contributed by atoms with Crippen LogP contribution in [0.3, 0.4) is 0 Å². The van der Waals surface area contributed by atoms with Crippen molar-refractivity contribution in [1.82, 2.24) is 5.32 Å². The Kier molecular flexibility index (Phi) is 5.56. The molecule has 2 rings (SSSR count). The number of hydrogen-bond donors (Lipinski definition) is 1. The van der Waals surface area contributed by atoms with Gasteiger partial charge in [0.05, 0.1) is 12.6 Å². The molecule has 0 fully saturated rings. The fraction of sp³-hybridized carbons (Fsp3) is 0.467. The summed E-state index contributed by atoms with van der Waals surface area (Å²) in [7, 11) is 0. The summed E-state index contributed by atoms with van der Waals surface area (Å²) in [6, 6.07) is 5.64. The van der Waals surface area contributed by atoms with Gasteiger partial charge in [-0.05, 0) is 49.6 Å². The van der Waals surface area contributed by atoms with Crippen molar-refractivity contribution < 1.29 is 4.74 Å². The van der Waals surface area contributed by atoms with Crippen molar-refractivity contribution in [2.24, 2.45) is 0 Å². The first-order valence-corrected chi connectivity index (χ1v) is 7.49. The largest absolute Gasteiger partial charge is 0.496 e. The Morgan fingerprint density at radius 3 is 2.84 bits per heavy atom. The molecule has 0 saturated carbocycles. The van der Waals surface area contributed by atoms with Crippen LogP contribution in [0, 0.1) is 0 Å². The van der Waals surface area contributed by atoms with Gasteiger partial charge in [0.2, 0.25) is 0 Å². The first-order chi connectivity index (χ1) is 9.22. The van der Waals surface area contributed by atoms with Gasteiger partial charge in [-0.1, -0.05) is 36.2 Å². The summed E-state index contributed by atoms with van der Waals surface area (Å²) in [6.45, 7) is 3.84. The summed E-state index contributed by atoms with van der Waals surface area (Å²) < 4.78 is 5.78. The van der Waals surface area contributed by atoms with E-state index in [1.165, 1.54) is 0 Å². The lowest BCUT2D eigenvalue weighted by molar-refractivity contribution is 0.167. The first kappa shape index (κ1) is 14.7. The van der Waals surface area contributed by atoms with E-state index in [1.54, 1.807) is 6.07 Å². The molecule has 1 N–H and O–H groups in total. The third-order valence-corrected chi connectivity index (χ3v) is 3.68. The van der Waals surface area contributed by atoms with Crippen LogP contribution in [0.15, 0.2) is 30.0 Å². The number of benzene rings is 1. The van der Waals surface area contributed by atoms with Gasteiger partial charge in [0.25, 0.3) is 0 Å². The smallest absolute Gasteiger partial charge is 0.113 e. The molecule has 0 amide bonds. The van der Waals surface area contributed by atoms with Crippen molar-refractivity contribution in [3.8, 4) is 0 Å². The van der Waals surface area contributed by atoms with Gasteiger partial charge >= 0.3 is 0 Å². The van der Waals surface area contributed by atoms with Crippen molar-refractivity contribution in [2.75, 3.05) is 13.2 Å². The highest BCUT2D eigenvalue weighted by atomic mass is 35.5. The molecule has 4 heteroatoms. The fourth-order valence-electron chi connectivity index (χ4n) is 2.17. The van der Waals surface area contributed by atoms with Gasteiger partial charge in [0.1, 0.15) is 5.76 Å². The maximum absolute atomic E-state index is 6.32. The van der Waals surface area contributed by atoms with Gasteiger partial charge in [-0.15, -0.1) is 0 Å². The Labute approximate surface area is 124 Å². The van der Waals surface area contributed by atoms with E-state index in [2.05, 4.69) is 18.3 Å². The SMILES string of the molecule is CCCNC(C1=CCCCO1)c1ccc(Cl)cc1Cl. The normalized spacial score (nSPS) is 16.7. The summed E-state index contributed by atoms with van der Waals surface area (Å²) in [6.07, 6.45) is 5.36. The summed E-state index contributed by atoms with van der Waals surface area (Å²) in [5.74, 6) is 0.976. The van der Waals surface area contributed by atoms with E-state index < -0.39 is 0 Å². The molecular formula is C15H19Cl2NO. The van der Waals surface area contributed by atoms with Gasteiger partial charge in [0, 0.05) is 10.0 Å². The van der Waals surface area contributed by atoms with Crippen molar-refractivity contribution in [1.29, 1.82) is 0 Å². The zero-order valence-electron chi connectivity index (χ0n) is 11.1. The molecule has 2 nitrogen and oxygen atoms in total. The van der Waals surface area contributed by atoms with Crippen LogP contribution in [0.5, 0.6) is 0 Å².